The molecule has 4 nitrogen and oxygen atoms in total. The van der Waals surface area contributed by atoms with Crippen molar-refractivity contribution in [3.8, 4) is 0 Å². The summed E-state index contributed by atoms with van der Waals surface area (Å²) in [4.78, 5) is 4.38. The number of aromatic nitrogens is 1. The first-order valence-corrected chi connectivity index (χ1v) is 9.17. The Bertz CT molecular complexity index is 1440. The van der Waals surface area contributed by atoms with Crippen LogP contribution in [0.15, 0.2) is 95.5 Å². The van der Waals surface area contributed by atoms with E-state index in [2.05, 4.69) is 62.6 Å². The van der Waals surface area contributed by atoms with Gasteiger partial charge in [0.15, 0.2) is 0 Å². The molecule has 2 aromatic heterocycles. The van der Waals surface area contributed by atoms with Crippen LogP contribution in [0.1, 0.15) is 0 Å². The fraction of sp³-hybridized carbons (Fsp3) is 0. The molecular formula is C24H15N3O+2. The average Bonchev–Trinajstić information content (AvgIpc) is 3.33. The van der Waals surface area contributed by atoms with E-state index in [1.165, 1.54) is 0 Å². The second kappa shape index (κ2) is 5.74. The number of para-hydroxylation sites is 4. The number of hydrogen-bond acceptors (Lipinski definition) is 2. The third-order valence-corrected chi connectivity index (χ3v) is 5.07. The van der Waals surface area contributed by atoms with Gasteiger partial charge in [0.1, 0.15) is 0 Å². The van der Waals surface area contributed by atoms with Gasteiger partial charge in [-0.2, -0.15) is 0 Å². The van der Waals surface area contributed by atoms with Gasteiger partial charge < -0.3 is 4.42 Å². The summed E-state index contributed by atoms with van der Waals surface area (Å²) in [6.45, 7) is 0. The highest BCUT2D eigenvalue weighted by Crippen LogP contribution is 2.39. The molecule has 0 saturated carbocycles. The van der Waals surface area contributed by atoms with Gasteiger partial charge in [0.05, 0.1) is 0 Å². The van der Waals surface area contributed by atoms with Gasteiger partial charge in [-0.15, -0.1) is 0 Å². The van der Waals surface area contributed by atoms with Crippen molar-refractivity contribution in [3.63, 3.8) is 0 Å². The summed E-state index contributed by atoms with van der Waals surface area (Å²) in [6, 6.07) is 32.2. The Morgan fingerprint density at radius 1 is 0.643 bits per heavy atom. The first kappa shape index (κ1) is 15.1. The molecule has 1 aliphatic rings. The molecule has 0 N–H and O–H groups in total. The van der Waals surface area contributed by atoms with Crippen molar-refractivity contribution >= 4 is 50.8 Å². The molecular weight excluding hydrogens is 346 g/mol. The topological polar surface area (TPSA) is 32.0 Å². The molecule has 3 aromatic carbocycles. The average molecular weight is 361 g/mol. The highest BCUT2D eigenvalue weighted by atomic mass is 16.3. The van der Waals surface area contributed by atoms with Crippen molar-refractivity contribution in [2.24, 2.45) is 0 Å². The monoisotopic (exact) mass is 361 g/mol. The minimum atomic E-state index is 0.650. The van der Waals surface area contributed by atoms with E-state index in [1.54, 1.807) is 6.20 Å². The molecule has 0 aliphatic carbocycles. The molecule has 5 aromatic rings. The molecule has 0 unspecified atom stereocenters. The van der Waals surface area contributed by atoms with E-state index in [0.29, 0.717) is 5.71 Å². The third kappa shape index (κ3) is 2.10. The van der Waals surface area contributed by atoms with Crippen LogP contribution in [0.5, 0.6) is 0 Å². The van der Waals surface area contributed by atoms with Gasteiger partial charge in [-0.3, -0.25) is 0 Å². The van der Waals surface area contributed by atoms with E-state index in [0.717, 1.165) is 39.1 Å². The Labute approximate surface area is 160 Å². The predicted octanol–water partition coefficient (Wildman–Crippen LogP) is 5.84. The maximum atomic E-state index is 6.14. The largest absolute Gasteiger partial charge is 0.503 e. The summed E-state index contributed by atoms with van der Waals surface area (Å²) in [6.07, 6.45) is 1.75. The molecule has 28 heavy (non-hydrogen) atoms. The summed E-state index contributed by atoms with van der Waals surface area (Å²) >= 11 is 0. The first-order valence-electron chi connectivity index (χ1n) is 9.17. The van der Waals surface area contributed by atoms with Crippen LogP contribution in [0.25, 0.3) is 22.1 Å². The molecule has 0 saturated heterocycles. The molecule has 6 rings (SSSR count). The third-order valence-electron chi connectivity index (χ3n) is 5.07. The molecule has 0 bridgehead atoms. The second-order valence-electron chi connectivity index (χ2n) is 6.71. The van der Waals surface area contributed by atoms with Crippen LogP contribution in [0.2, 0.25) is 0 Å². The number of benzene rings is 3. The van der Waals surface area contributed by atoms with E-state index in [1.807, 2.05) is 42.5 Å². The highest BCUT2D eigenvalue weighted by molar-refractivity contribution is 6.08. The Kier molecular flexibility index (Phi) is 3.10. The van der Waals surface area contributed by atoms with Crippen molar-refractivity contribution in [2.45, 2.75) is 0 Å². The normalized spacial score (nSPS) is 12.9. The minimum absolute atomic E-state index is 0.650. The lowest BCUT2D eigenvalue weighted by molar-refractivity contribution is 0.652. The van der Waals surface area contributed by atoms with Gasteiger partial charge in [0, 0.05) is 47.3 Å². The van der Waals surface area contributed by atoms with Gasteiger partial charge in [0.2, 0.25) is 17.0 Å². The molecule has 0 spiro atoms. The summed E-state index contributed by atoms with van der Waals surface area (Å²) in [5.41, 5.74) is 5.62. The molecule has 1 aliphatic heterocycles. The Hall–Kier alpha value is -4.01. The maximum absolute atomic E-state index is 6.14. The van der Waals surface area contributed by atoms with E-state index < -0.39 is 0 Å². The highest BCUT2D eigenvalue weighted by Gasteiger charge is 2.37. The Morgan fingerprint density at radius 2 is 1.36 bits per heavy atom. The fourth-order valence-corrected chi connectivity index (χ4v) is 3.80. The number of pyridine rings is 1. The van der Waals surface area contributed by atoms with Crippen molar-refractivity contribution < 1.29 is 4.42 Å². The second-order valence-corrected chi connectivity index (χ2v) is 6.71. The number of furan rings is 1. The Morgan fingerprint density at radius 3 is 2.21 bits per heavy atom. The van der Waals surface area contributed by atoms with E-state index in [4.69, 9.17) is 4.42 Å². The fourth-order valence-electron chi connectivity index (χ4n) is 3.80. The summed E-state index contributed by atoms with van der Waals surface area (Å²) in [5, 5.41) is 2.07. The number of hydrogen-bond donors (Lipinski definition) is 0. The van der Waals surface area contributed by atoms with Crippen LogP contribution in [-0.2, 0) is 0 Å². The van der Waals surface area contributed by atoms with Crippen LogP contribution in [-0.4, -0.2) is 11.0 Å². The van der Waals surface area contributed by atoms with Crippen molar-refractivity contribution in [3.05, 3.63) is 91.1 Å². The standard InChI is InChI=1S/C24H15N3O/c1-2-8-17(9-3-1)26-16-27(21-13-5-4-12-20(21)26)22-14-6-10-18-19-11-7-15-25-24(19)28-23(18)22/h1-15H/q+2. The lowest BCUT2D eigenvalue weighted by Crippen LogP contribution is -2.00. The molecule has 0 atom stereocenters. The van der Waals surface area contributed by atoms with E-state index >= 15 is 0 Å². The zero-order chi connectivity index (χ0) is 18.5. The SMILES string of the molecule is C1=[N+](c2ccccc2)c2ccccc2[N+]=1c1cccc2c1oc1ncccc12. The van der Waals surface area contributed by atoms with Crippen LogP contribution in [0.4, 0.5) is 22.7 Å². The summed E-state index contributed by atoms with van der Waals surface area (Å²) in [5.74, 6) is 0. The first-order chi connectivity index (χ1) is 13.9. The van der Waals surface area contributed by atoms with Crippen LogP contribution >= 0.6 is 0 Å². The zero-order valence-corrected chi connectivity index (χ0v) is 14.9. The van der Waals surface area contributed by atoms with E-state index in [9.17, 15) is 0 Å². The lowest BCUT2D eigenvalue weighted by atomic mass is 10.1. The molecule has 4 heteroatoms. The smallest absolute Gasteiger partial charge is 0.431 e. The van der Waals surface area contributed by atoms with Crippen molar-refractivity contribution in [2.75, 3.05) is 0 Å². The van der Waals surface area contributed by atoms with Gasteiger partial charge in [-0.25, -0.2) is 4.98 Å². The van der Waals surface area contributed by atoms with Gasteiger partial charge in [-0.05, 0) is 27.4 Å². The quantitative estimate of drug-likeness (QED) is 0.363. The molecule has 0 radical (unpaired) electrons. The van der Waals surface area contributed by atoms with Crippen LogP contribution in [0, 0.1) is 0 Å². The maximum Gasteiger partial charge on any atom is 0.503 e. The number of rotatable bonds is 2. The number of fused-ring (bicyclic) bond motifs is 4. The van der Waals surface area contributed by atoms with Crippen LogP contribution < -0.4 is 9.15 Å². The molecule has 0 fully saturated rings. The van der Waals surface area contributed by atoms with Crippen molar-refractivity contribution in [1.82, 2.24) is 14.1 Å². The zero-order valence-electron chi connectivity index (χ0n) is 14.9. The van der Waals surface area contributed by atoms with Gasteiger partial charge in [-0.1, -0.05) is 36.4 Å². The summed E-state index contributed by atoms with van der Waals surface area (Å²) < 4.78 is 10.3. The van der Waals surface area contributed by atoms with Crippen molar-refractivity contribution in [1.29, 1.82) is 0 Å². The Balaban J connectivity index is 1.69. The molecule has 130 valence electrons. The predicted molar refractivity (Wildman–Crippen MR) is 112 cm³/mol. The van der Waals surface area contributed by atoms with Gasteiger partial charge in [0.25, 0.3) is 17.1 Å². The molecule has 0 amide bonds. The lowest BCUT2D eigenvalue weighted by Gasteiger charge is -1.96. The van der Waals surface area contributed by atoms with E-state index in [-0.39, 0.29) is 0 Å². The van der Waals surface area contributed by atoms with Gasteiger partial charge >= 0.3 is 6.01 Å². The summed E-state index contributed by atoms with van der Waals surface area (Å²) in [7, 11) is 0. The molecule has 3 heterocycles. The number of nitrogens with zero attached hydrogens (tertiary/aromatic N) is 3. The minimum Gasteiger partial charge on any atom is -0.431 e. The van der Waals surface area contributed by atoms with Crippen LogP contribution in [0.3, 0.4) is 0 Å².